The average Bonchev–Trinajstić information content (AvgIpc) is 2.72. The molecule has 0 radical (unpaired) electrons. The van der Waals surface area contributed by atoms with E-state index in [9.17, 15) is 4.79 Å². The number of hydrogen-bond donors (Lipinski definition) is 0. The van der Waals surface area contributed by atoms with Crippen molar-refractivity contribution in [1.82, 2.24) is 0 Å². The molecule has 0 aliphatic heterocycles. The first-order valence-corrected chi connectivity index (χ1v) is 13.3. The third-order valence-corrected chi connectivity index (χ3v) is 7.33. The number of aldehydes is 1. The molecule has 0 bridgehead atoms. The topological polar surface area (TPSA) is 35.5 Å². The number of carbonyl (C=O) groups excluding carboxylic acids is 1. The third kappa shape index (κ3) is 10.5. The number of aryl methyl sites for hydroxylation is 1. The minimum Gasteiger partial charge on any atom is -0.496 e. The first-order chi connectivity index (χ1) is 15.5. The molecule has 0 amide bonds. The van der Waals surface area contributed by atoms with Gasteiger partial charge in [-0.05, 0) is 81.0 Å². The van der Waals surface area contributed by atoms with E-state index in [0.717, 1.165) is 65.1 Å². The Hall–Kier alpha value is -1.51. The second-order valence-electron chi connectivity index (χ2n) is 11.3. The second-order valence-corrected chi connectivity index (χ2v) is 11.3. The molecular formula is C30H52O3. The Morgan fingerprint density at radius 1 is 0.879 bits per heavy atom. The van der Waals surface area contributed by atoms with Crippen molar-refractivity contribution in [2.45, 2.75) is 125 Å². The lowest BCUT2D eigenvalue weighted by atomic mass is 9.89. The van der Waals surface area contributed by atoms with Gasteiger partial charge in [0.25, 0.3) is 0 Å². The maximum atomic E-state index is 11.4. The van der Waals surface area contributed by atoms with E-state index in [1.807, 2.05) is 6.92 Å². The molecule has 0 aliphatic carbocycles. The van der Waals surface area contributed by atoms with Gasteiger partial charge in [0.2, 0.25) is 0 Å². The lowest BCUT2D eigenvalue weighted by molar-refractivity contribution is -0.111. The lowest BCUT2D eigenvalue weighted by Gasteiger charge is -2.31. The molecule has 0 aromatic heterocycles. The van der Waals surface area contributed by atoms with Gasteiger partial charge in [0, 0.05) is 6.42 Å². The summed E-state index contributed by atoms with van der Waals surface area (Å²) < 4.78 is 12.0. The van der Waals surface area contributed by atoms with Gasteiger partial charge in [-0.1, -0.05) is 72.6 Å². The van der Waals surface area contributed by atoms with Crippen LogP contribution in [0.15, 0.2) is 6.07 Å². The first-order valence-electron chi connectivity index (χ1n) is 13.3. The van der Waals surface area contributed by atoms with Crippen molar-refractivity contribution < 1.29 is 14.3 Å². The number of methoxy groups -OCH3 is 1. The number of carbonyl (C=O) groups is 1. The molecule has 3 heteroatoms. The van der Waals surface area contributed by atoms with Crippen LogP contribution >= 0.6 is 0 Å². The summed E-state index contributed by atoms with van der Waals surface area (Å²) >= 11 is 0. The van der Waals surface area contributed by atoms with Gasteiger partial charge in [-0.3, -0.25) is 0 Å². The largest absolute Gasteiger partial charge is 0.496 e. The SMILES string of the molecule is COc1c(C)cc(O[C@@](C)(CC=O)CCC[C@H](C)CCC[C@H](C)CCCC(C)C)c(C)c1C. The monoisotopic (exact) mass is 460 g/mol. The van der Waals surface area contributed by atoms with Crippen molar-refractivity contribution in [3.8, 4) is 11.5 Å². The molecule has 0 heterocycles. The van der Waals surface area contributed by atoms with E-state index in [1.165, 1.54) is 44.9 Å². The predicted octanol–water partition coefficient (Wildman–Crippen LogP) is 8.79. The van der Waals surface area contributed by atoms with Gasteiger partial charge in [-0.15, -0.1) is 0 Å². The van der Waals surface area contributed by atoms with Gasteiger partial charge in [0.15, 0.2) is 0 Å². The molecule has 0 spiro atoms. The number of ether oxygens (including phenoxy) is 2. The highest BCUT2D eigenvalue weighted by atomic mass is 16.5. The highest BCUT2D eigenvalue weighted by Gasteiger charge is 2.27. The minimum absolute atomic E-state index is 0.416. The molecule has 3 atom stereocenters. The Morgan fingerprint density at radius 3 is 1.94 bits per heavy atom. The Labute approximate surface area is 205 Å². The highest BCUT2D eigenvalue weighted by Crippen LogP contribution is 2.36. The summed E-state index contributed by atoms with van der Waals surface area (Å²) in [6.45, 7) is 17.7. The van der Waals surface area contributed by atoms with Crippen LogP contribution in [0.5, 0.6) is 11.5 Å². The van der Waals surface area contributed by atoms with E-state index in [0.29, 0.717) is 6.42 Å². The fourth-order valence-corrected chi connectivity index (χ4v) is 4.88. The Morgan fingerprint density at radius 2 is 1.42 bits per heavy atom. The Bertz CT molecular complexity index is 709. The molecule has 0 saturated carbocycles. The normalized spacial score (nSPS) is 15.2. The molecule has 0 aliphatic rings. The van der Waals surface area contributed by atoms with Crippen LogP contribution in [0.25, 0.3) is 0 Å². The van der Waals surface area contributed by atoms with Crippen LogP contribution in [0.4, 0.5) is 0 Å². The fraction of sp³-hybridized carbons (Fsp3) is 0.767. The van der Waals surface area contributed by atoms with E-state index >= 15 is 0 Å². The van der Waals surface area contributed by atoms with Gasteiger partial charge in [0.05, 0.1) is 7.11 Å². The van der Waals surface area contributed by atoms with Crippen molar-refractivity contribution in [1.29, 1.82) is 0 Å². The van der Waals surface area contributed by atoms with E-state index in [4.69, 9.17) is 9.47 Å². The van der Waals surface area contributed by atoms with Gasteiger partial charge >= 0.3 is 0 Å². The summed E-state index contributed by atoms with van der Waals surface area (Å²) in [4.78, 5) is 11.4. The van der Waals surface area contributed by atoms with Crippen molar-refractivity contribution in [3.63, 3.8) is 0 Å². The van der Waals surface area contributed by atoms with Crippen LogP contribution in [0.1, 0.15) is 116 Å². The summed E-state index contributed by atoms with van der Waals surface area (Å²) in [6, 6.07) is 2.05. The van der Waals surface area contributed by atoms with Crippen LogP contribution in [0.2, 0.25) is 0 Å². The summed E-state index contributed by atoms with van der Waals surface area (Å²) in [5, 5.41) is 0. The minimum atomic E-state index is -0.468. The molecular weight excluding hydrogens is 408 g/mol. The zero-order chi connectivity index (χ0) is 25.0. The summed E-state index contributed by atoms with van der Waals surface area (Å²) in [6.07, 6.45) is 12.7. The smallest absolute Gasteiger partial charge is 0.125 e. The zero-order valence-corrected chi connectivity index (χ0v) is 23.2. The predicted molar refractivity (Wildman–Crippen MR) is 142 cm³/mol. The van der Waals surface area contributed by atoms with Crippen LogP contribution in [0, 0.1) is 38.5 Å². The molecule has 0 fully saturated rings. The van der Waals surface area contributed by atoms with E-state index in [2.05, 4.69) is 54.5 Å². The third-order valence-electron chi connectivity index (χ3n) is 7.33. The fourth-order valence-electron chi connectivity index (χ4n) is 4.88. The van der Waals surface area contributed by atoms with E-state index in [1.54, 1.807) is 7.11 Å². The van der Waals surface area contributed by atoms with Crippen LogP contribution in [-0.4, -0.2) is 19.0 Å². The quantitative estimate of drug-likeness (QED) is 0.218. The maximum Gasteiger partial charge on any atom is 0.125 e. The van der Waals surface area contributed by atoms with Crippen LogP contribution < -0.4 is 9.47 Å². The first kappa shape index (κ1) is 29.5. The Kier molecular flexibility index (Phi) is 13.1. The highest BCUT2D eigenvalue weighted by molar-refractivity contribution is 5.54. The van der Waals surface area contributed by atoms with E-state index in [-0.39, 0.29) is 0 Å². The number of benzene rings is 1. The van der Waals surface area contributed by atoms with Crippen molar-refractivity contribution >= 4 is 6.29 Å². The maximum absolute atomic E-state index is 11.4. The molecule has 3 nitrogen and oxygen atoms in total. The van der Waals surface area contributed by atoms with Crippen molar-refractivity contribution in [3.05, 3.63) is 22.8 Å². The number of hydrogen-bond acceptors (Lipinski definition) is 3. The van der Waals surface area contributed by atoms with Crippen molar-refractivity contribution in [2.24, 2.45) is 17.8 Å². The molecule has 0 saturated heterocycles. The van der Waals surface area contributed by atoms with Gasteiger partial charge in [0.1, 0.15) is 23.4 Å². The molecule has 1 rings (SSSR count). The molecule has 0 N–H and O–H groups in total. The number of rotatable bonds is 17. The molecule has 190 valence electrons. The average molecular weight is 461 g/mol. The molecule has 1 aromatic carbocycles. The molecule has 1 aromatic rings. The summed E-state index contributed by atoms with van der Waals surface area (Å²) in [5.41, 5.74) is 2.79. The van der Waals surface area contributed by atoms with Crippen LogP contribution in [0.3, 0.4) is 0 Å². The van der Waals surface area contributed by atoms with Crippen molar-refractivity contribution in [2.75, 3.05) is 7.11 Å². The lowest BCUT2D eigenvalue weighted by Crippen LogP contribution is -2.33. The van der Waals surface area contributed by atoms with Gasteiger partial charge in [-0.25, -0.2) is 0 Å². The zero-order valence-electron chi connectivity index (χ0n) is 23.2. The van der Waals surface area contributed by atoms with E-state index < -0.39 is 5.60 Å². The summed E-state index contributed by atoms with van der Waals surface area (Å²) in [5.74, 6) is 4.18. The molecule has 0 unspecified atom stereocenters. The Balaban J connectivity index is 2.53. The molecule has 33 heavy (non-hydrogen) atoms. The van der Waals surface area contributed by atoms with Crippen LogP contribution in [-0.2, 0) is 4.79 Å². The van der Waals surface area contributed by atoms with Gasteiger partial charge in [-0.2, -0.15) is 0 Å². The second kappa shape index (κ2) is 14.7. The standard InChI is InChI=1S/C30H52O3/c1-22(2)13-10-14-23(3)15-11-16-24(4)17-12-18-30(8,19-20-31)33-28-21-25(5)29(32-9)27(7)26(28)6/h20-24H,10-19H2,1-9H3/t23-,24-,30-/m1/s1. The van der Waals surface area contributed by atoms with Gasteiger partial charge < -0.3 is 14.3 Å². The summed E-state index contributed by atoms with van der Waals surface area (Å²) in [7, 11) is 1.71.